The van der Waals surface area contributed by atoms with Crippen LogP contribution in [0.1, 0.15) is 53.9 Å². The molecular weight excluding hydrogens is 471 g/mol. The molecule has 0 saturated heterocycles. The van der Waals surface area contributed by atoms with Gasteiger partial charge in [0.1, 0.15) is 5.82 Å². The minimum absolute atomic E-state index is 0.00692. The van der Waals surface area contributed by atoms with Gasteiger partial charge in [-0.3, -0.25) is 4.79 Å². The number of halogens is 1. The Morgan fingerprint density at radius 3 is 1.97 bits per heavy atom. The number of fused-ring (bicyclic) bond motifs is 1. The van der Waals surface area contributed by atoms with Crippen LogP contribution in [0.5, 0.6) is 0 Å². The van der Waals surface area contributed by atoms with Gasteiger partial charge >= 0.3 is 0 Å². The summed E-state index contributed by atoms with van der Waals surface area (Å²) in [6.45, 7) is 3.52. The molecule has 192 valence electrons. The molecule has 1 atom stereocenters. The van der Waals surface area contributed by atoms with Crippen molar-refractivity contribution in [3.8, 4) is 0 Å². The van der Waals surface area contributed by atoms with Crippen molar-refractivity contribution in [1.29, 1.82) is 0 Å². The summed E-state index contributed by atoms with van der Waals surface area (Å²) in [4.78, 5) is 13.3. The summed E-state index contributed by atoms with van der Waals surface area (Å²) >= 11 is 0. The van der Waals surface area contributed by atoms with Gasteiger partial charge in [-0.05, 0) is 53.8 Å². The molecule has 0 fully saturated rings. The number of amides is 1. The fraction of sp³-hybridized carbons (Fsp3) is 0.206. The maximum atomic E-state index is 13.8. The number of aryl methyl sites for hydroxylation is 1. The number of rotatable bonds is 10. The number of carbonyl (C=O) groups is 1. The van der Waals surface area contributed by atoms with Crippen LogP contribution in [-0.4, -0.2) is 17.0 Å². The first-order valence-corrected chi connectivity index (χ1v) is 13.3. The summed E-state index contributed by atoms with van der Waals surface area (Å²) in [5.41, 5.74) is 5.66. The van der Waals surface area contributed by atoms with Gasteiger partial charge in [-0.25, -0.2) is 4.39 Å². The zero-order valence-electron chi connectivity index (χ0n) is 21.7. The third-order valence-corrected chi connectivity index (χ3v) is 7.36. The highest BCUT2D eigenvalue weighted by atomic mass is 19.1. The van der Waals surface area contributed by atoms with E-state index in [1.807, 2.05) is 24.3 Å². The van der Waals surface area contributed by atoms with Crippen LogP contribution in [0.15, 0.2) is 115 Å². The van der Waals surface area contributed by atoms with Gasteiger partial charge in [0.2, 0.25) is 5.91 Å². The van der Waals surface area contributed by atoms with E-state index in [0.29, 0.717) is 13.0 Å². The van der Waals surface area contributed by atoms with Crippen LogP contribution in [0.25, 0.3) is 10.9 Å². The van der Waals surface area contributed by atoms with Gasteiger partial charge in [-0.2, -0.15) is 0 Å². The SMILES string of the molecule is CCn1cc([C@@H](CC(=O)NCCC(c2ccccc2)c2ccccc2)c2ccc(F)cc2)c2ccccc21. The number of nitrogens with one attached hydrogen (secondary N) is 1. The zero-order valence-corrected chi connectivity index (χ0v) is 21.7. The van der Waals surface area contributed by atoms with Crippen LogP contribution >= 0.6 is 0 Å². The van der Waals surface area contributed by atoms with Crippen LogP contribution in [0.2, 0.25) is 0 Å². The molecule has 1 amide bonds. The third-order valence-electron chi connectivity index (χ3n) is 7.36. The molecule has 0 bridgehead atoms. The Bertz CT molecular complexity index is 1440. The van der Waals surface area contributed by atoms with Gasteiger partial charge in [0, 0.05) is 48.4 Å². The van der Waals surface area contributed by atoms with Gasteiger partial charge in [0.15, 0.2) is 0 Å². The van der Waals surface area contributed by atoms with E-state index in [9.17, 15) is 9.18 Å². The average Bonchev–Trinajstić information content (AvgIpc) is 3.34. The predicted octanol–water partition coefficient (Wildman–Crippen LogP) is 7.66. The Kier molecular flexibility index (Phi) is 7.98. The quantitative estimate of drug-likeness (QED) is 0.208. The first-order valence-electron chi connectivity index (χ1n) is 13.3. The summed E-state index contributed by atoms with van der Waals surface area (Å²) in [6, 6.07) is 35.7. The first-order chi connectivity index (χ1) is 18.6. The molecule has 4 heteroatoms. The van der Waals surface area contributed by atoms with Crippen molar-refractivity contribution < 1.29 is 9.18 Å². The Morgan fingerprint density at radius 1 is 0.763 bits per heavy atom. The zero-order chi connectivity index (χ0) is 26.3. The fourth-order valence-corrected chi connectivity index (χ4v) is 5.43. The summed E-state index contributed by atoms with van der Waals surface area (Å²) in [7, 11) is 0. The molecule has 3 nitrogen and oxygen atoms in total. The van der Waals surface area contributed by atoms with E-state index in [1.165, 1.54) is 23.3 Å². The molecule has 0 aliphatic carbocycles. The van der Waals surface area contributed by atoms with Crippen LogP contribution in [0.3, 0.4) is 0 Å². The standard InChI is InChI=1S/C34H33FN2O/c1-2-37-24-32(30-15-9-10-16-33(30)37)31(27-17-19-28(35)20-18-27)23-34(38)36-22-21-29(25-11-5-3-6-12-25)26-13-7-4-8-14-26/h3-20,24,29,31H,2,21-23H2,1H3,(H,36,38)/t31-/m0/s1. The van der Waals surface area contributed by atoms with Crippen molar-refractivity contribution >= 4 is 16.8 Å². The van der Waals surface area contributed by atoms with Crippen LogP contribution in [-0.2, 0) is 11.3 Å². The molecule has 1 N–H and O–H groups in total. The number of benzene rings is 4. The van der Waals surface area contributed by atoms with Crippen LogP contribution < -0.4 is 5.32 Å². The summed E-state index contributed by atoms with van der Waals surface area (Å²) < 4.78 is 16.0. The minimum Gasteiger partial charge on any atom is -0.356 e. The Hall–Kier alpha value is -4.18. The van der Waals surface area contributed by atoms with Gasteiger partial charge in [-0.1, -0.05) is 91.0 Å². The highest BCUT2D eigenvalue weighted by molar-refractivity contribution is 5.86. The van der Waals surface area contributed by atoms with E-state index in [1.54, 1.807) is 12.1 Å². The van der Waals surface area contributed by atoms with Crippen molar-refractivity contribution in [2.24, 2.45) is 0 Å². The largest absolute Gasteiger partial charge is 0.356 e. The monoisotopic (exact) mass is 504 g/mol. The van der Waals surface area contributed by atoms with Crippen molar-refractivity contribution in [2.45, 2.75) is 38.1 Å². The molecule has 1 aromatic heterocycles. The average molecular weight is 505 g/mol. The van der Waals surface area contributed by atoms with Crippen LogP contribution in [0, 0.1) is 5.82 Å². The van der Waals surface area contributed by atoms with E-state index in [-0.39, 0.29) is 23.6 Å². The summed E-state index contributed by atoms with van der Waals surface area (Å²) in [5.74, 6) is -0.256. The lowest BCUT2D eigenvalue weighted by atomic mass is 9.87. The van der Waals surface area contributed by atoms with Gasteiger partial charge < -0.3 is 9.88 Å². The predicted molar refractivity (Wildman–Crippen MR) is 153 cm³/mol. The normalized spacial score (nSPS) is 12.1. The molecule has 0 radical (unpaired) electrons. The van der Waals surface area contributed by atoms with Gasteiger partial charge in [-0.15, -0.1) is 0 Å². The number of aromatic nitrogens is 1. The Balaban J connectivity index is 1.36. The molecule has 38 heavy (non-hydrogen) atoms. The Labute approximate surface area is 223 Å². The molecule has 5 rings (SSSR count). The molecule has 4 aromatic carbocycles. The smallest absolute Gasteiger partial charge is 0.220 e. The van der Waals surface area contributed by atoms with Gasteiger partial charge in [0.05, 0.1) is 0 Å². The second kappa shape index (κ2) is 11.9. The number of carbonyl (C=O) groups excluding carboxylic acids is 1. The molecular formula is C34H33FN2O. The van der Waals surface area contributed by atoms with Crippen molar-refractivity contribution in [3.63, 3.8) is 0 Å². The molecule has 0 saturated carbocycles. The second-order valence-corrected chi connectivity index (χ2v) is 9.71. The number of hydrogen-bond acceptors (Lipinski definition) is 1. The fourth-order valence-electron chi connectivity index (χ4n) is 5.43. The van der Waals surface area contributed by atoms with Crippen molar-refractivity contribution in [1.82, 2.24) is 9.88 Å². The highest BCUT2D eigenvalue weighted by Gasteiger charge is 2.23. The summed E-state index contributed by atoms with van der Waals surface area (Å²) in [5, 5.41) is 4.31. The van der Waals surface area contributed by atoms with E-state index >= 15 is 0 Å². The number of hydrogen-bond donors (Lipinski definition) is 1. The number of para-hydroxylation sites is 1. The summed E-state index contributed by atoms with van der Waals surface area (Å²) in [6.07, 6.45) is 3.24. The van der Waals surface area contributed by atoms with E-state index in [4.69, 9.17) is 0 Å². The number of nitrogens with zero attached hydrogens (tertiary/aromatic N) is 1. The molecule has 0 spiro atoms. The van der Waals surface area contributed by atoms with Crippen molar-refractivity contribution in [2.75, 3.05) is 6.54 Å². The topological polar surface area (TPSA) is 34.0 Å². The van der Waals surface area contributed by atoms with Crippen molar-refractivity contribution in [3.05, 3.63) is 143 Å². The minimum atomic E-state index is -0.277. The third kappa shape index (κ3) is 5.70. The molecule has 5 aromatic rings. The lowest BCUT2D eigenvalue weighted by Gasteiger charge is -2.20. The lowest BCUT2D eigenvalue weighted by molar-refractivity contribution is -0.121. The highest BCUT2D eigenvalue weighted by Crippen LogP contribution is 2.35. The van der Waals surface area contributed by atoms with Gasteiger partial charge in [0.25, 0.3) is 0 Å². The maximum Gasteiger partial charge on any atom is 0.220 e. The van der Waals surface area contributed by atoms with E-state index in [2.05, 4.69) is 83.7 Å². The van der Waals surface area contributed by atoms with Crippen LogP contribution in [0.4, 0.5) is 4.39 Å². The second-order valence-electron chi connectivity index (χ2n) is 9.71. The maximum absolute atomic E-state index is 13.8. The first kappa shape index (κ1) is 25.5. The molecule has 0 aliphatic rings. The molecule has 1 heterocycles. The van der Waals surface area contributed by atoms with E-state index < -0.39 is 0 Å². The molecule has 0 unspecified atom stereocenters. The Morgan fingerprint density at radius 2 is 1.34 bits per heavy atom. The van der Waals surface area contributed by atoms with E-state index in [0.717, 1.165) is 35.0 Å². The molecule has 0 aliphatic heterocycles. The lowest BCUT2D eigenvalue weighted by Crippen LogP contribution is -2.27.